The zero-order chi connectivity index (χ0) is 20.9. The van der Waals surface area contributed by atoms with Crippen molar-refractivity contribution in [2.45, 2.75) is 38.8 Å². The van der Waals surface area contributed by atoms with Gasteiger partial charge < -0.3 is 19.4 Å². The lowest BCUT2D eigenvalue weighted by atomic mass is 10.1. The standard InChI is InChI=1S/C23H26ClN3O3/c1-2-10-27(15-19-7-4-11-29-19)22(28)17-8-9-21-20(13-17)26-23(30-21)25-14-16-5-3-6-18(24)12-16/h3,5-6,8-9,12-13,19H,2,4,7,10-11,14-15H2,1H3,(H,25,26). The number of anilines is 1. The highest BCUT2D eigenvalue weighted by Gasteiger charge is 2.23. The number of carbonyl (C=O) groups excluding carboxylic acids is 1. The molecule has 6 nitrogen and oxygen atoms in total. The Bertz CT molecular complexity index is 1010. The molecule has 1 unspecified atom stereocenters. The molecule has 0 bridgehead atoms. The number of rotatable bonds is 8. The Hall–Kier alpha value is -2.57. The van der Waals surface area contributed by atoms with Crippen molar-refractivity contribution in [1.82, 2.24) is 9.88 Å². The summed E-state index contributed by atoms with van der Waals surface area (Å²) in [7, 11) is 0. The highest BCUT2D eigenvalue weighted by Crippen LogP contribution is 2.23. The minimum Gasteiger partial charge on any atom is -0.424 e. The summed E-state index contributed by atoms with van der Waals surface area (Å²) in [4.78, 5) is 19.5. The van der Waals surface area contributed by atoms with E-state index in [0.717, 1.165) is 31.4 Å². The van der Waals surface area contributed by atoms with Gasteiger partial charge in [0.05, 0.1) is 6.10 Å². The molecule has 4 rings (SSSR count). The molecule has 158 valence electrons. The van der Waals surface area contributed by atoms with Crippen molar-refractivity contribution in [1.29, 1.82) is 0 Å². The van der Waals surface area contributed by atoms with Gasteiger partial charge in [0.15, 0.2) is 5.58 Å². The number of ether oxygens (including phenoxy) is 1. The number of nitrogens with zero attached hydrogens (tertiary/aromatic N) is 2. The molecule has 3 aromatic rings. The van der Waals surface area contributed by atoms with Gasteiger partial charge >= 0.3 is 0 Å². The summed E-state index contributed by atoms with van der Waals surface area (Å²) < 4.78 is 11.5. The smallest absolute Gasteiger partial charge is 0.295 e. The first-order valence-electron chi connectivity index (χ1n) is 10.4. The number of benzene rings is 2. The molecule has 2 heterocycles. The van der Waals surface area contributed by atoms with Gasteiger partial charge in [-0.2, -0.15) is 4.98 Å². The van der Waals surface area contributed by atoms with Crippen LogP contribution in [0.1, 0.15) is 42.1 Å². The van der Waals surface area contributed by atoms with Crippen LogP contribution in [0.15, 0.2) is 46.9 Å². The van der Waals surface area contributed by atoms with E-state index in [1.165, 1.54) is 0 Å². The number of hydrogen-bond donors (Lipinski definition) is 1. The topological polar surface area (TPSA) is 67.6 Å². The van der Waals surface area contributed by atoms with Gasteiger partial charge in [0.1, 0.15) is 5.52 Å². The molecular formula is C23H26ClN3O3. The van der Waals surface area contributed by atoms with Crippen LogP contribution >= 0.6 is 11.6 Å². The van der Waals surface area contributed by atoms with Crippen molar-refractivity contribution < 1.29 is 13.9 Å². The Kier molecular flexibility index (Phi) is 6.55. The average molecular weight is 428 g/mol. The van der Waals surface area contributed by atoms with Crippen LogP contribution in [-0.2, 0) is 11.3 Å². The van der Waals surface area contributed by atoms with Crippen molar-refractivity contribution >= 4 is 34.6 Å². The van der Waals surface area contributed by atoms with Crippen molar-refractivity contribution in [3.05, 3.63) is 58.6 Å². The second kappa shape index (κ2) is 9.49. The number of fused-ring (bicyclic) bond motifs is 1. The molecule has 1 fully saturated rings. The summed E-state index contributed by atoms with van der Waals surface area (Å²) in [5, 5.41) is 3.86. The van der Waals surface area contributed by atoms with E-state index in [-0.39, 0.29) is 12.0 Å². The van der Waals surface area contributed by atoms with E-state index in [1.54, 1.807) is 18.2 Å². The molecule has 1 aliphatic rings. The molecule has 1 aliphatic heterocycles. The van der Waals surface area contributed by atoms with E-state index in [2.05, 4.69) is 17.2 Å². The van der Waals surface area contributed by atoms with Crippen LogP contribution in [0.4, 0.5) is 6.01 Å². The van der Waals surface area contributed by atoms with Crippen LogP contribution < -0.4 is 5.32 Å². The number of halogens is 1. The van der Waals surface area contributed by atoms with Gasteiger partial charge in [0.2, 0.25) is 0 Å². The highest BCUT2D eigenvalue weighted by atomic mass is 35.5. The van der Waals surface area contributed by atoms with Gasteiger partial charge in [0, 0.05) is 36.8 Å². The highest BCUT2D eigenvalue weighted by molar-refractivity contribution is 6.30. The Morgan fingerprint density at radius 1 is 1.30 bits per heavy atom. The van der Waals surface area contributed by atoms with Crippen molar-refractivity contribution in [3.63, 3.8) is 0 Å². The maximum absolute atomic E-state index is 13.1. The molecule has 0 radical (unpaired) electrons. The van der Waals surface area contributed by atoms with E-state index in [0.29, 0.717) is 47.3 Å². The Balaban J connectivity index is 1.47. The van der Waals surface area contributed by atoms with Crippen molar-refractivity contribution in [2.75, 3.05) is 25.0 Å². The Morgan fingerprint density at radius 2 is 2.20 bits per heavy atom. The summed E-state index contributed by atoms with van der Waals surface area (Å²) in [5.41, 5.74) is 2.94. The molecule has 1 saturated heterocycles. The zero-order valence-corrected chi connectivity index (χ0v) is 17.8. The summed E-state index contributed by atoms with van der Waals surface area (Å²) in [6, 6.07) is 13.4. The fourth-order valence-corrected chi connectivity index (χ4v) is 3.94. The average Bonchev–Trinajstić information content (AvgIpc) is 3.40. The van der Waals surface area contributed by atoms with Gasteiger partial charge in [-0.05, 0) is 55.2 Å². The molecule has 2 aromatic carbocycles. The molecule has 1 aromatic heterocycles. The van der Waals surface area contributed by atoms with E-state index >= 15 is 0 Å². The minimum absolute atomic E-state index is 0.00527. The third kappa shape index (κ3) is 4.94. The lowest BCUT2D eigenvalue weighted by Gasteiger charge is -2.25. The minimum atomic E-state index is 0.00527. The van der Waals surface area contributed by atoms with E-state index in [4.69, 9.17) is 20.8 Å². The van der Waals surface area contributed by atoms with Crippen LogP contribution in [0.3, 0.4) is 0 Å². The number of nitrogens with one attached hydrogen (secondary N) is 1. The van der Waals surface area contributed by atoms with Crippen molar-refractivity contribution in [3.8, 4) is 0 Å². The fourth-order valence-electron chi connectivity index (χ4n) is 3.72. The molecule has 30 heavy (non-hydrogen) atoms. The van der Waals surface area contributed by atoms with Gasteiger partial charge in [-0.1, -0.05) is 30.7 Å². The lowest BCUT2D eigenvalue weighted by Crippen LogP contribution is -2.37. The predicted octanol–water partition coefficient (Wildman–Crippen LogP) is 5.12. The normalized spacial score (nSPS) is 16.1. The number of hydrogen-bond acceptors (Lipinski definition) is 5. The Labute approximate surface area is 181 Å². The summed E-state index contributed by atoms with van der Waals surface area (Å²) in [6.45, 7) is 4.76. The molecule has 1 atom stereocenters. The quantitative estimate of drug-likeness (QED) is 0.540. The van der Waals surface area contributed by atoms with Crippen LogP contribution in [0.25, 0.3) is 11.1 Å². The van der Waals surface area contributed by atoms with Crippen LogP contribution in [-0.4, -0.2) is 41.6 Å². The SMILES string of the molecule is CCCN(CC1CCCO1)C(=O)c1ccc2oc(NCc3cccc(Cl)c3)nc2c1. The first-order valence-corrected chi connectivity index (χ1v) is 10.8. The number of oxazole rings is 1. The molecule has 7 heteroatoms. The van der Waals surface area contributed by atoms with Crippen LogP contribution in [0.5, 0.6) is 0 Å². The van der Waals surface area contributed by atoms with E-state index in [9.17, 15) is 4.79 Å². The monoisotopic (exact) mass is 427 g/mol. The van der Waals surface area contributed by atoms with Gasteiger partial charge in [-0.3, -0.25) is 4.79 Å². The van der Waals surface area contributed by atoms with Crippen molar-refractivity contribution in [2.24, 2.45) is 0 Å². The second-order valence-corrected chi connectivity index (χ2v) is 8.01. The van der Waals surface area contributed by atoms with Gasteiger partial charge in [-0.25, -0.2) is 0 Å². The molecule has 1 N–H and O–H groups in total. The van der Waals surface area contributed by atoms with E-state index in [1.807, 2.05) is 29.2 Å². The zero-order valence-electron chi connectivity index (χ0n) is 17.1. The Morgan fingerprint density at radius 3 is 2.97 bits per heavy atom. The maximum atomic E-state index is 13.1. The largest absolute Gasteiger partial charge is 0.424 e. The van der Waals surface area contributed by atoms with E-state index < -0.39 is 0 Å². The second-order valence-electron chi connectivity index (χ2n) is 7.57. The fraction of sp³-hybridized carbons (Fsp3) is 0.391. The summed E-state index contributed by atoms with van der Waals surface area (Å²) in [6.07, 6.45) is 3.12. The van der Waals surface area contributed by atoms with Crippen LogP contribution in [0, 0.1) is 0 Å². The summed E-state index contributed by atoms with van der Waals surface area (Å²) in [5.74, 6) is 0.00527. The number of amides is 1. The molecular weight excluding hydrogens is 402 g/mol. The number of aromatic nitrogens is 1. The summed E-state index contributed by atoms with van der Waals surface area (Å²) >= 11 is 6.03. The number of carbonyl (C=O) groups is 1. The molecule has 0 saturated carbocycles. The predicted molar refractivity (Wildman–Crippen MR) is 118 cm³/mol. The molecule has 1 amide bonds. The third-order valence-corrected chi connectivity index (χ3v) is 5.43. The van der Waals surface area contributed by atoms with Crippen LogP contribution in [0.2, 0.25) is 5.02 Å². The molecule has 0 aliphatic carbocycles. The van der Waals surface area contributed by atoms with Gasteiger partial charge in [-0.15, -0.1) is 0 Å². The first kappa shape index (κ1) is 20.7. The maximum Gasteiger partial charge on any atom is 0.295 e. The van der Waals surface area contributed by atoms with Gasteiger partial charge in [0.25, 0.3) is 11.9 Å². The third-order valence-electron chi connectivity index (χ3n) is 5.20. The lowest BCUT2D eigenvalue weighted by molar-refractivity contribution is 0.0526. The first-order chi connectivity index (χ1) is 14.6. The molecule has 0 spiro atoms.